The lowest BCUT2D eigenvalue weighted by molar-refractivity contribution is 0.607. The van der Waals surface area contributed by atoms with Crippen molar-refractivity contribution in [2.45, 2.75) is 0 Å². The van der Waals surface area contributed by atoms with E-state index < -0.39 is 5.82 Å². The van der Waals surface area contributed by atoms with Gasteiger partial charge in [-0.15, -0.1) is 0 Å². The van der Waals surface area contributed by atoms with Crippen LogP contribution in [0.25, 0.3) is 5.82 Å². The second-order valence-electron chi connectivity index (χ2n) is 2.69. The molecule has 0 aliphatic heterocycles. The van der Waals surface area contributed by atoms with Crippen LogP contribution in [0.3, 0.4) is 0 Å². The van der Waals surface area contributed by atoms with Gasteiger partial charge in [0, 0.05) is 23.1 Å². The first-order chi connectivity index (χ1) is 7.22. The summed E-state index contributed by atoms with van der Waals surface area (Å²) in [5.74, 6) is -0.352. The van der Waals surface area contributed by atoms with Crippen molar-refractivity contribution in [3.8, 4) is 11.9 Å². The Labute approximate surface area is 93.1 Å². The van der Waals surface area contributed by atoms with Crippen LogP contribution >= 0.6 is 15.9 Å². The molecule has 0 saturated carbocycles. The Morgan fingerprint density at radius 3 is 2.93 bits per heavy atom. The molecule has 2 rings (SSSR count). The van der Waals surface area contributed by atoms with Crippen molar-refractivity contribution in [3.05, 3.63) is 40.8 Å². The summed E-state index contributed by atoms with van der Waals surface area (Å²) in [6.45, 7) is 0. The van der Waals surface area contributed by atoms with E-state index in [-0.39, 0.29) is 11.6 Å². The maximum Gasteiger partial charge on any atom is 0.218 e. The van der Waals surface area contributed by atoms with Crippen molar-refractivity contribution in [2.75, 3.05) is 0 Å². The summed E-state index contributed by atoms with van der Waals surface area (Å²) in [5.41, 5.74) is 0. The van der Waals surface area contributed by atoms with Gasteiger partial charge in [0.15, 0.2) is 11.6 Å². The molecule has 2 aromatic heterocycles. The summed E-state index contributed by atoms with van der Waals surface area (Å²) in [5, 5.41) is 8.72. The van der Waals surface area contributed by atoms with Gasteiger partial charge in [-0.25, -0.2) is 14.4 Å². The summed E-state index contributed by atoms with van der Waals surface area (Å²) in [7, 11) is 0. The maximum absolute atomic E-state index is 13.5. The van der Waals surface area contributed by atoms with Gasteiger partial charge in [0.1, 0.15) is 6.07 Å². The first-order valence-electron chi connectivity index (χ1n) is 3.97. The zero-order valence-corrected chi connectivity index (χ0v) is 8.94. The molecule has 0 N–H and O–H groups in total. The first kappa shape index (κ1) is 9.80. The molecule has 2 aromatic rings. The standard InChI is InChI=1S/C9H4BrFN4/c10-6-3-7(11)9(14-5-6)15-2-1-13-8(15)4-12/h1-3,5H. The average Bonchev–Trinajstić information content (AvgIpc) is 2.65. The van der Waals surface area contributed by atoms with E-state index in [1.807, 2.05) is 6.07 Å². The second kappa shape index (κ2) is 3.79. The Balaban J connectivity index is 2.60. The molecule has 0 aliphatic rings. The number of hydrogen-bond donors (Lipinski definition) is 0. The van der Waals surface area contributed by atoms with Gasteiger partial charge in [-0.05, 0) is 22.0 Å². The van der Waals surface area contributed by atoms with Gasteiger partial charge in [0.2, 0.25) is 5.82 Å². The predicted octanol–water partition coefficient (Wildman–Crippen LogP) is 2.04. The van der Waals surface area contributed by atoms with Gasteiger partial charge in [-0.3, -0.25) is 4.57 Å². The monoisotopic (exact) mass is 266 g/mol. The van der Waals surface area contributed by atoms with E-state index in [2.05, 4.69) is 25.9 Å². The van der Waals surface area contributed by atoms with Gasteiger partial charge in [-0.2, -0.15) is 5.26 Å². The van der Waals surface area contributed by atoms with Crippen LogP contribution in [0.15, 0.2) is 29.1 Å². The third-order valence-electron chi connectivity index (χ3n) is 1.76. The van der Waals surface area contributed by atoms with Crippen molar-refractivity contribution in [1.82, 2.24) is 14.5 Å². The van der Waals surface area contributed by atoms with Gasteiger partial charge < -0.3 is 0 Å². The van der Waals surface area contributed by atoms with Crippen molar-refractivity contribution < 1.29 is 4.39 Å². The molecule has 4 nitrogen and oxygen atoms in total. The van der Waals surface area contributed by atoms with Crippen LogP contribution in [0.1, 0.15) is 5.82 Å². The highest BCUT2D eigenvalue weighted by atomic mass is 79.9. The van der Waals surface area contributed by atoms with E-state index >= 15 is 0 Å². The molecule has 0 atom stereocenters. The zero-order valence-electron chi connectivity index (χ0n) is 7.35. The number of pyridine rings is 1. The second-order valence-corrected chi connectivity index (χ2v) is 3.61. The van der Waals surface area contributed by atoms with Crippen LogP contribution in [0.4, 0.5) is 4.39 Å². The van der Waals surface area contributed by atoms with E-state index in [0.29, 0.717) is 4.47 Å². The molecular weight excluding hydrogens is 263 g/mol. The van der Waals surface area contributed by atoms with Crippen molar-refractivity contribution in [1.29, 1.82) is 5.26 Å². The number of nitriles is 1. The molecule has 6 heteroatoms. The smallest absolute Gasteiger partial charge is 0.218 e. The summed E-state index contributed by atoms with van der Waals surface area (Å²) in [6.07, 6.45) is 4.36. The third-order valence-corrected chi connectivity index (χ3v) is 2.19. The SMILES string of the molecule is N#Cc1nccn1-c1ncc(Br)cc1F. The number of aromatic nitrogens is 3. The highest BCUT2D eigenvalue weighted by molar-refractivity contribution is 9.10. The third kappa shape index (κ3) is 1.74. The molecule has 0 bridgehead atoms. The van der Waals surface area contributed by atoms with Crippen molar-refractivity contribution in [3.63, 3.8) is 0 Å². The predicted molar refractivity (Wildman–Crippen MR) is 53.7 cm³/mol. The van der Waals surface area contributed by atoms with E-state index in [9.17, 15) is 4.39 Å². The Morgan fingerprint density at radius 1 is 1.47 bits per heavy atom. The van der Waals surface area contributed by atoms with Crippen LogP contribution in [0, 0.1) is 17.1 Å². The highest BCUT2D eigenvalue weighted by Crippen LogP contribution is 2.16. The van der Waals surface area contributed by atoms with Crippen LogP contribution in [0.5, 0.6) is 0 Å². The average molecular weight is 267 g/mol. The largest absolute Gasteiger partial charge is 0.273 e. The molecule has 0 unspecified atom stereocenters. The minimum Gasteiger partial charge on any atom is -0.273 e. The number of halogens is 2. The molecule has 0 radical (unpaired) electrons. The molecule has 0 amide bonds. The van der Waals surface area contributed by atoms with Crippen LogP contribution in [0.2, 0.25) is 0 Å². The molecular formula is C9H4BrFN4. The normalized spacial score (nSPS) is 9.93. The minimum absolute atomic E-state index is 0.0623. The fourth-order valence-corrected chi connectivity index (χ4v) is 1.45. The van der Waals surface area contributed by atoms with Gasteiger partial charge >= 0.3 is 0 Å². The fourth-order valence-electron chi connectivity index (χ4n) is 1.14. The minimum atomic E-state index is -0.515. The Bertz CT molecular complexity index is 543. The Morgan fingerprint density at radius 2 is 2.27 bits per heavy atom. The molecule has 2 heterocycles. The van der Waals surface area contributed by atoms with Gasteiger partial charge in [-0.1, -0.05) is 0 Å². The van der Waals surface area contributed by atoms with E-state index in [1.54, 1.807) is 0 Å². The molecule has 0 spiro atoms. The molecule has 0 aromatic carbocycles. The lowest BCUT2D eigenvalue weighted by Crippen LogP contribution is -2.02. The lowest BCUT2D eigenvalue weighted by Gasteiger charge is -2.03. The molecule has 0 aliphatic carbocycles. The zero-order chi connectivity index (χ0) is 10.8. The Hall–Kier alpha value is -1.74. The van der Waals surface area contributed by atoms with Crippen molar-refractivity contribution >= 4 is 15.9 Å². The van der Waals surface area contributed by atoms with E-state index in [0.717, 1.165) is 0 Å². The topological polar surface area (TPSA) is 54.5 Å². The van der Waals surface area contributed by atoms with Gasteiger partial charge in [0.25, 0.3) is 0 Å². The van der Waals surface area contributed by atoms with Crippen LogP contribution in [-0.2, 0) is 0 Å². The van der Waals surface area contributed by atoms with Gasteiger partial charge in [0.05, 0.1) is 0 Å². The van der Waals surface area contributed by atoms with E-state index in [1.165, 1.54) is 29.2 Å². The maximum atomic E-state index is 13.5. The number of nitrogens with zero attached hydrogens (tertiary/aromatic N) is 4. The summed E-state index contributed by atoms with van der Waals surface area (Å²) in [4.78, 5) is 7.64. The highest BCUT2D eigenvalue weighted by Gasteiger charge is 2.10. The molecule has 74 valence electrons. The molecule has 0 fully saturated rings. The number of imidazole rings is 1. The first-order valence-corrected chi connectivity index (χ1v) is 4.76. The fraction of sp³-hybridized carbons (Fsp3) is 0. The summed E-state index contributed by atoms with van der Waals surface area (Å²) < 4.78 is 15.3. The summed E-state index contributed by atoms with van der Waals surface area (Å²) >= 11 is 3.10. The van der Waals surface area contributed by atoms with Crippen LogP contribution in [-0.4, -0.2) is 14.5 Å². The number of hydrogen-bond acceptors (Lipinski definition) is 3. The van der Waals surface area contributed by atoms with Crippen molar-refractivity contribution in [2.24, 2.45) is 0 Å². The Kier molecular flexibility index (Phi) is 2.47. The summed E-state index contributed by atoms with van der Waals surface area (Å²) in [6, 6.07) is 3.13. The van der Waals surface area contributed by atoms with Crippen LogP contribution < -0.4 is 0 Å². The molecule has 0 saturated heterocycles. The van der Waals surface area contributed by atoms with E-state index in [4.69, 9.17) is 5.26 Å². The quantitative estimate of drug-likeness (QED) is 0.794. The number of rotatable bonds is 1. The molecule has 15 heavy (non-hydrogen) atoms. The lowest BCUT2D eigenvalue weighted by atomic mass is 10.4.